The molecule has 0 nitrogen and oxygen atoms in total. The Morgan fingerprint density at radius 3 is 0.789 bits per heavy atom. The van der Waals surface area contributed by atoms with Crippen molar-refractivity contribution in [2.24, 2.45) is 0 Å². The third-order valence-corrected chi connectivity index (χ3v) is 19.1. The van der Waals surface area contributed by atoms with Crippen LogP contribution < -0.4 is 0 Å². The molecule has 0 N–H and O–H groups in total. The van der Waals surface area contributed by atoms with E-state index in [1.54, 1.807) is 0 Å². The Morgan fingerprint density at radius 1 is 0.579 bits per heavy atom. The van der Waals surface area contributed by atoms with E-state index < -0.39 is 16.1 Å². The van der Waals surface area contributed by atoms with Gasteiger partial charge in [-0.05, 0) is 0 Å². The summed E-state index contributed by atoms with van der Waals surface area (Å²) < 4.78 is 4.02. The van der Waals surface area contributed by atoms with E-state index in [1.165, 1.54) is 0 Å². The molecule has 0 unspecified atom stereocenters. The van der Waals surface area contributed by atoms with Crippen molar-refractivity contribution in [3.05, 3.63) is 8.06 Å². The fraction of sp³-hybridized carbons (Fsp3) is 0.857. The summed E-state index contributed by atoms with van der Waals surface area (Å²) in [6.45, 7) is 28.6. The largest absolute Gasteiger partial charge is 0.0715 e. The molecule has 0 aliphatic carbocycles. The van der Waals surface area contributed by atoms with Crippen LogP contribution in [0.3, 0.4) is 0 Å². The predicted molar refractivity (Wildman–Crippen MR) is 106 cm³/mol. The quantitative estimate of drug-likeness (QED) is 0.554. The Kier molecular flexibility index (Phi) is 10.9. The van der Waals surface area contributed by atoms with E-state index in [-0.39, 0.29) is 17.6 Å². The van der Waals surface area contributed by atoms with Crippen molar-refractivity contribution >= 4 is 49.2 Å². The molecule has 5 heteroatoms. The Bertz CT molecular complexity index is 249. The summed E-state index contributed by atoms with van der Waals surface area (Å²) in [7, 11) is -1.41. The first kappa shape index (κ1) is 22.4. The normalized spacial score (nSPS) is 14.8. The first-order valence-electron chi connectivity index (χ1n) is 7.25. The maximum atomic E-state index is 2.50. The van der Waals surface area contributed by atoms with Crippen molar-refractivity contribution in [2.45, 2.75) is 78.6 Å². The minimum absolute atomic E-state index is 0.120. The van der Waals surface area contributed by atoms with Crippen LogP contribution in [-0.4, -0.2) is 49.2 Å². The molecule has 0 atom stereocenters. The van der Waals surface area contributed by atoms with Gasteiger partial charge in [-0.15, -0.1) is 0 Å². The fourth-order valence-corrected chi connectivity index (χ4v) is 17.5. The van der Waals surface area contributed by atoms with Crippen molar-refractivity contribution in [2.75, 3.05) is 0 Å². The van der Waals surface area contributed by atoms with Crippen LogP contribution in [0, 0.1) is 0 Å². The van der Waals surface area contributed by atoms with Gasteiger partial charge in [0.2, 0.25) is 0 Å². The van der Waals surface area contributed by atoms with Gasteiger partial charge in [0.15, 0.2) is 0 Å². The summed E-state index contributed by atoms with van der Waals surface area (Å²) in [5, 5.41) is 0. The van der Waals surface area contributed by atoms with E-state index in [0.717, 1.165) is 0 Å². The van der Waals surface area contributed by atoms with Gasteiger partial charge in [0, 0.05) is 17.6 Å². The van der Waals surface area contributed by atoms with Gasteiger partial charge in [-0.3, -0.25) is 0 Å². The van der Waals surface area contributed by atoms with Gasteiger partial charge in [0.25, 0.3) is 0 Å². The molecule has 0 spiro atoms. The second-order valence-corrected chi connectivity index (χ2v) is 29.1. The van der Waals surface area contributed by atoms with Crippen LogP contribution in [0.5, 0.6) is 0 Å². The van der Waals surface area contributed by atoms with Crippen LogP contribution in [0.1, 0.15) is 0 Å². The Labute approximate surface area is 135 Å². The van der Waals surface area contributed by atoms with E-state index >= 15 is 0 Å². The Hall–Kier alpha value is 1.15. The molecule has 0 bridgehead atoms. The van der Waals surface area contributed by atoms with Gasteiger partial charge >= 0.3 is 78.9 Å². The first-order chi connectivity index (χ1) is 8.19. The maximum absolute atomic E-state index is 2.50. The summed E-state index contributed by atoms with van der Waals surface area (Å²) >= 11 is 0.360. The van der Waals surface area contributed by atoms with E-state index in [0.29, 0.717) is 15.4 Å². The summed E-state index contributed by atoms with van der Waals surface area (Å²) in [5.74, 6) is 0. The maximum Gasteiger partial charge on any atom is 0.0379 e. The SMILES string of the molecule is C[Si](C)(C)[C]1=[C]([Si](C)(C)C)[Ge]1.C[Si](C)C.C[Si](C)C. The second kappa shape index (κ2) is 9.23. The molecule has 0 aromatic heterocycles. The summed E-state index contributed by atoms with van der Waals surface area (Å²) in [6.07, 6.45) is 0. The third-order valence-electron chi connectivity index (χ3n) is 1.94. The summed E-state index contributed by atoms with van der Waals surface area (Å²) in [6, 6.07) is 0. The van der Waals surface area contributed by atoms with Gasteiger partial charge in [0.1, 0.15) is 0 Å². The zero-order valence-corrected chi connectivity index (χ0v) is 21.6. The van der Waals surface area contributed by atoms with E-state index in [2.05, 4.69) is 78.6 Å². The van der Waals surface area contributed by atoms with Crippen LogP contribution in [-0.2, 0) is 0 Å². The first-order valence-corrected chi connectivity index (χ1v) is 22.3. The number of hydrogen-bond acceptors (Lipinski definition) is 0. The molecule has 0 fully saturated rings. The molecule has 4 radical (unpaired) electrons. The van der Waals surface area contributed by atoms with E-state index in [4.69, 9.17) is 0 Å². The van der Waals surface area contributed by atoms with Crippen LogP contribution in [0.2, 0.25) is 78.6 Å². The van der Waals surface area contributed by atoms with Crippen LogP contribution in [0.25, 0.3) is 0 Å². The van der Waals surface area contributed by atoms with Gasteiger partial charge in [-0.1, -0.05) is 39.3 Å². The molecule has 19 heavy (non-hydrogen) atoms. The zero-order chi connectivity index (χ0) is 16.0. The topological polar surface area (TPSA) is 0 Å². The van der Waals surface area contributed by atoms with E-state index in [9.17, 15) is 0 Å². The summed E-state index contributed by atoms with van der Waals surface area (Å²) in [4.78, 5) is 0. The molecule has 1 aliphatic heterocycles. The van der Waals surface area contributed by atoms with Crippen molar-refractivity contribution in [1.82, 2.24) is 0 Å². The summed E-state index contributed by atoms with van der Waals surface area (Å²) in [5.41, 5.74) is 0. The van der Waals surface area contributed by atoms with Crippen molar-refractivity contribution in [1.29, 1.82) is 0 Å². The molecule has 0 saturated carbocycles. The molecule has 1 heterocycles. The van der Waals surface area contributed by atoms with E-state index in [1.807, 2.05) is 8.06 Å². The van der Waals surface area contributed by atoms with Gasteiger partial charge in [0.05, 0.1) is 0 Å². The molecular weight excluding hydrogens is 353 g/mol. The average Bonchev–Trinajstić information content (AvgIpc) is 2.73. The molecular formula is C14H36GeSi4. The average molecular weight is 389 g/mol. The minimum atomic E-state index is -0.826. The smallest absolute Gasteiger partial charge is 0.0379 e. The third kappa shape index (κ3) is 15.4. The molecule has 0 aromatic carbocycles. The van der Waals surface area contributed by atoms with Crippen molar-refractivity contribution in [3.63, 3.8) is 0 Å². The van der Waals surface area contributed by atoms with Crippen molar-refractivity contribution < 1.29 is 0 Å². The molecule has 1 aliphatic rings. The predicted octanol–water partition coefficient (Wildman–Crippen LogP) is 5.41. The fourth-order valence-electron chi connectivity index (χ4n) is 1.22. The minimum Gasteiger partial charge on any atom is -0.0715 e. The molecule has 112 valence electrons. The Morgan fingerprint density at radius 2 is 0.737 bits per heavy atom. The van der Waals surface area contributed by atoms with Gasteiger partial charge in [-0.2, -0.15) is 0 Å². The van der Waals surface area contributed by atoms with Crippen LogP contribution >= 0.6 is 0 Å². The Balaban J connectivity index is 0. The number of rotatable bonds is 2. The molecule has 0 saturated heterocycles. The molecule has 0 amide bonds. The number of hydrogen-bond donors (Lipinski definition) is 0. The molecule has 1 rings (SSSR count). The second-order valence-electron chi connectivity index (χ2n) is 8.38. The van der Waals surface area contributed by atoms with Gasteiger partial charge < -0.3 is 0 Å². The monoisotopic (exact) mass is 390 g/mol. The van der Waals surface area contributed by atoms with Crippen LogP contribution in [0.4, 0.5) is 0 Å². The van der Waals surface area contributed by atoms with Crippen LogP contribution in [0.15, 0.2) is 8.06 Å². The van der Waals surface area contributed by atoms with Gasteiger partial charge in [-0.25, -0.2) is 0 Å². The van der Waals surface area contributed by atoms with Crippen molar-refractivity contribution in [3.8, 4) is 0 Å². The standard InChI is InChI=1S/C8H18GeSi2.2C3H9Si/c1-10(2,3)7-8(9-7)11(4,5)6;2*1-4(2)3/h1-6H3;2*1-3H3. The zero-order valence-electron chi connectivity index (χ0n) is 15.5. The molecule has 0 aromatic rings.